The highest BCUT2D eigenvalue weighted by Crippen LogP contribution is 2.36. The van der Waals surface area contributed by atoms with Crippen LogP contribution in [0.4, 0.5) is 4.39 Å². The molecule has 0 saturated heterocycles. The molecule has 0 saturated carbocycles. The molecular formula is C21H16FN3OS. The number of hydrogen-bond acceptors (Lipinski definition) is 3. The van der Waals surface area contributed by atoms with Crippen LogP contribution < -0.4 is 0 Å². The van der Waals surface area contributed by atoms with Crippen LogP contribution >= 0.6 is 12.2 Å². The third-order valence-corrected chi connectivity index (χ3v) is 4.74. The summed E-state index contributed by atoms with van der Waals surface area (Å²) >= 11 is 5.40. The average molecular weight is 377 g/mol. The van der Waals surface area contributed by atoms with Crippen molar-refractivity contribution in [1.29, 1.82) is 0 Å². The van der Waals surface area contributed by atoms with Gasteiger partial charge in [0.05, 0.1) is 0 Å². The molecule has 0 aliphatic rings. The summed E-state index contributed by atoms with van der Waals surface area (Å²) in [6.45, 7) is 0. The quantitative estimate of drug-likeness (QED) is 0.520. The van der Waals surface area contributed by atoms with E-state index >= 15 is 0 Å². The molecule has 1 aromatic heterocycles. The van der Waals surface area contributed by atoms with Crippen molar-refractivity contribution in [1.82, 2.24) is 14.8 Å². The summed E-state index contributed by atoms with van der Waals surface area (Å²) < 4.78 is 15.3. The molecule has 134 valence electrons. The first-order valence-corrected chi connectivity index (χ1v) is 8.79. The minimum atomic E-state index is -1.55. The van der Waals surface area contributed by atoms with Gasteiger partial charge in [-0.25, -0.2) is 4.39 Å². The summed E-state index contributed by atoms with van der Waals surface area (Å²) in [5.74, 6) is -0.0480. The van der Waals surface area contributed by atoms with Gasteiger partial charge in [-0.3, -0.25) is 9.67 Å². The van der Waals surface area contributed by atoms with Crippen LogP contribution in [0.25, 0.3) is 5.69 Å². The van der Waals surface area contributed by atoms with Crippen molar-refractivity contribution in [3.8, 4) is 5.69 Å². The number of benzene rings is 3. The maximum atomic E-state index is 13.4. The molecule has 3 aromatic carbocycles. The number of aromatic amines is 1. The van der Waals surface area contributed by atoms with Gasteiger partial charge in [0.2, 0.25) is 0 Å². The number of aromatic nitrogens is 3. The molecule has 0 aliphatic heterocycles. The third kappa shape index (κ3) is 2.99. The molecule has 4 aromatic rings. The number of rotatable bonds is 4. The molecule has 0 amide bonds. The number of nitrogens with zero attached hydrogens (tertiary/aromatic N) is 2. The fourth-order valence-electron chi connectivity index (χ4n) is 3.15. The first kappa shape index (κ1) is 17.3. The Labute approximate surface area is 160 Å². The highest BCUT2D eigenvalue weighted by molar-refractivity contribution is 7.71. The first-order valence-electron chi connectivity index (χ1n) is 8.38. The topological polar surface area (TPSA) is 53.8 Å². The number of nitrogens with one attached hydrogen (secondary N) is 1. The largest absolute Gasteiger partial charge is 0.373 e. The van der Waals surface area contributed by atoms with Crippen LogP contribution in [0.1, 0.15) is 17.0 Å². The van der Waals surface area contributed by atoms with Crippen molar-refractivity contribution in [3.63, 3.8) is 0 Å². The maximum absolute atomic E-state index is 13.4. The van der Waals surface area contributed by atoms with Crippen molar-refractivity contribution >= 4 is 12.2 Å². The highest BCUT2D eigenvalue weighted by Gasteiger charge is 2.39. The van der Waals surface area contributed by atoms with Crippen LogP contribution in [0, 0.1) is 10.6 Å². The van der Waals surface area contributed by atoms with Gasteiger partial charge in [0.15, 0.2) is 16.2 Å². The van der Waals surface area contributed by atoms with E-state index in [1.165, 1.54) is 12.1 Å². The third-order valence-electron chi connectivity index (χ3n) is 4.46. The van der Waals surface area contributed by atoms with E-state index in [0.717, 1.165) is 0 Å². The van der Waals surface area contributed by atoms with Gasteiger partial charge in [-0.1, -0.05) is 60.7 Å². The van der Waals surface area contributed by atoms with E-state index in [0.29, 0.717) is 27.4 Å². The molecule has 27 heavy (non-hydrogen) atoms. The second-order valence-electron chi connectivity index (χ2n) is 6.11. The Hall–Kier alpha value is -3.09. The Morgan fingerprint density at radius 1 is 0.852 bits per heavy atom. The second kappa shape index (κ2) is 6.90. The van der Waals surface area contributed by atoms with E-state index in [9.17, 15) is 9.50 Å². The molecule has 2 N–H and O–H groups in total. The summed E-state index contributed by atoms with van der Waals surface area (Å²) in [7, 11) is 0. The Bertz CT molecular complexity index is 1070. The SMILES string of the molecule is OC(c1ccccc1)(c1ccccc1)c1n[nH]c(=S)n1-c1ccc(F)cc1. The molecule has 6 heteroatoms. The normalized spacial score (nSPS) is 11.5. The van der Waals surface area contributed by atoms with E-state index in [1.54, 1.807) is 16.7 Å². The van der Waals surface area contributed by atoms with Gasteiger partial charge >= 0.3 is 0 Å². The Balaban J connectivity index is 2.01. The summed E-state index contributed by atoms with van der Waals surface area (Å²) in [6.07, 6.45) is 0. The van der Waals surface area contributed by atoms with Crippen molar-refractivity contribution in [2.24, 2.45) is 0 Å². The van der Waals surface area contributed by atoms with Crippen LogP contribution in [0.5, 0.6) is 0 Å². The molecule has 0 aliphatic carbocycles. The van der Waals surface area contributed by atoms with E-state index < -0.39 is 5.60 Å². The van der Waals surface area contributed by atoms with Gasteiger partial charge in [-0.15, -0.1) is 0 Å². The van der Waals surface area contributed by atoms with E-state index in [4.69, 9.17) is 12.2 Å². The molecular weight excluding hydrogens is 361 g/mol. The molecule has 0 atom stereocenters. The lowest BCUT2D eigenvalue weighted by atomic mass is 9.85. The monoisotopic (exact) mass is 377 g/mol. The van der Waals surface area contributed by atoms with E-state index in [2.05, 4.69) is 10.2 Å². The van der Waals surface area contributed by atoms with Crippen molar-refractivity contribution < 1.29 is 9.50 Å². The minimum absolute atomic E-state index is 0.302. The molecule has 0 fully saturated rings. The molecule has 4 rings (SSSR count). The fraction of sp³-hybridized carbons (Fsp3) is 0.0476. The standard InChI is InChI=1S/C21H16FN3OS/c22-17-11-13-18(14-12-17)25-19(23-24-20(25)27)21(26,15-7-3-1-4-8-15)16-9-5-2-6-10-16/h1-14,26H,(H,24,27). The number of aliphatic hydroxyl groups is 1. The summed E-state index contributed by atoms with van der Waals surface area (Å²) in [4.78, 5) is 0. The van der Waals surface area contributed by atoms with Gasteiger partial charge in [0.25, 0.3) is 0 Å². The molecule has 0 spiro atoms. The summed E-state index contributed by atoms with van der Waals surface area (Å²) in [5.41, 5.74) is 0.349. The number of halogens is 1. The van der Waals surface area contributed by atoms with Crippen LogP contribution in [0.2, 0.25) is 0 Å². The van der Waals surface area contributed by atoms with Gasteiger partial charge in [-0.05, 0) is 47.6 Å². The Morgan fingerprint density at radius 2 is 1.37 bits per heavy atom. The van der Waals surface area contributed by atoms with Gasteiger partial charge < -0.3 is 5.11 Å². The summed E-state index contributed by atoms with van der Waals surface area (Å²) in [5, 5.41) is 19.0. The van der Waals surface area contributed by atoms with Gasteiger partial charge in [0, 0.05) is 5.69 Å². The van der Waals surface area contributed by atoms with Crippen LogP contribution in [-0.2, 0) is 5.60 Å². The van der Waals surface area contributed by atoms with Crippen LogP contribution in [0.3, 0.4) is 0 Å². The molecule has 4 nitrogen and oxygen atoms in total. The first-order chi connectivity index (χ1) is 13.1. The Kier molecular flexibility index (Phi) is 4.43. The smallest absolute Gasteiger partial charge is 0.199 e. The van der Waals surface area contributed by atoms with Crippen LogP contribution in [0.15, 0.2) is 84.9 Å². The predicted molar refractivity (Wildman–Crippen MR) is 104 cm³/mol. The zero-order valence-electron chi connectivity index (χ0n) is 14.2. The molecule has 0 radical (unpaired) electrons. The molecule has 0 unspecified atom stereocenters. The molecule has 0 bridgehead atoms. The van der Waals surface area contributed by atoms with Gasteiger partial charge in [0.1, 0.15) is 5.82 Å². The molecule has 1 heterocycles. The lowest BCUT2D eigenvalue weighted by molar-refractivity contribution is 0.113. The van der Waals surface area contributed by atoms with Crippen molar-refractivity contribution in [2.45, 2.75) is 5.60 Å². The average Bonchev–Trinajstić information content (AvgIpc) is 3.11. The zero-order chi connectivity index (χ0) is 18.9. The highest BCUT2D eigenvalue weighted by atomic mass is 32.1. The van der Waals surface area contributed by atoms with E-state index in [1.807, 2.05) is 60.7 Å². The second-order valence-corrected chi connectivity index (χ2v) is 6.49. The lowest BCUT2D eigenvalue weighted by Gasteiger charge is -2.29. The Morgan fingerprint density at radius 3 is 1.89 bits per heavy atom. The van der Waals surface area contributed by atoms with Gasteiger partial charge in [-0.2, -0.15) is 5.10 Å². The number of H-pyrrole nitrogens is 1. The lowest BCUT2D eigenvalue weighted by Crippen LogP contribution is -2.32. The fourth-order valence-corrected chi connectivity index (χ4v) is 3.39. The number of hydrogen-bond donors (Lipinski definition) is 2. The maximum Gasteiger partial charge on any atom is 0.199 e. The van der Waals surface area contributed by atoms with Crippen molar-refractivity contribution in [3.05, 3.63) is 112 Å². The van der Waals surface area contributed by atoms with Crippen molar-refractivity contribution in [2.75, 3.05) is 0 Å². The minimum Gasteiger partial charge on any atom is -0.373 e. The van der Waals surface area contributed by atoms with E-state index in [-0.39, 0.29) is 5.82 Å². The summed E-state index contributed by atoms with van der Waals surface area (Å²) in [6, 6.07) is 24.4. The zero-order valence-corrected chi connectivity index (χ0v) is 15.0. The predicted octanol–water partition coefficient (Wildman–Crippen LogP) is 4.35. The van der Waals surface area contributed by atoms with Crippen LogP contribution in [-0.4, -0.2) is 19.9 Å².